The molecule has 2 aliphatic heterocycles. The van der Waals surface area contributed by atoms with Gasteiger partial charge >= 0.3 is 0 Å². The van der Waals surface area contributed by atoms with E-state index in [0.29, 0.717) is 57.5 Å². The number of aromatic nitrogens is 4. The summed E-state index contributed by atoms with van der Waals surface area (Å²) in [5, 5.41) is 17.8. The summed E-state index contributed by atoms with van der Waals surface area (Å²) in [6.07, 6.45) is 7.45. The number of rotatable bonds is 10. The lowest BCUT2D eigenvalue weighted by Crippen LogP contribution is -2.45. The van der Waals surface area contributed by atoms with Gasteiger partial charge in [0, 0.05) is 49.7 Å². The van der Waals surface area contributed by atoms with Gasteiger partial charge in [-0.1, -0.05) is 0 Å². The first-order valence-corrected chi connectivity index (χ1v) is 14.8. The van der Waals surface area contributed by atoms with Crippen molar-refractivity contribution in [3.8, 4) is 11.3 Å². The molecule has 0 radical (unpaired) electrons. The van der Waals surface area contributed by atoms with Crippen molar-refractivity contribution in [1.82, 2.24) is 29.0 Å². The number of hydrogen-bond donors (Lipinski definition) is 2. The van der Waals surface area contributed by atoms with Crippen LogP contribution in [0.4, 0.5) is 5.95 Å². The number of sulfonamides is 1. The van der Waals surface area contributed by atoms with E-state index in [2.05, 4.69) is 27.2 Å². The SMILES string of the molecule is Cc1cnc(NC2CCN(S(=O)(=O)CCCN3CCOC[C@@H]3C)CC2)nc1-c1cnn(CC(C)(C)O)c1. The fourth-order valence-corrected chi connectivity index (χ4v) is 6.43. The Bertz CT molecular complexity index is 1140. The first-order valence-electron chi connectivity index (χ1n) is 13.2. The molecule has 0 amide bonds. The van der Waals surface area contributed by atoms with E-state index in [1.54, 1.807) is 35.2 Å². The second kappa shape index (κ2) is 11.7. The van der Waals surface area contributed by atoms with E-state index in [9.17, 15) is 13.5 Å². The summed E-state index contributed by atoms with van der Waals surface area (Å²) in [7, 11) is -3.27. The molecule has 2 saturated heterocycles. The molecule has 37 heavy (non-hydrogen) atoms. The van der Waals surface area contributed by atoms with E-state index in [-0.39, 0.29) is 11.8 Å². The average molecular weight is 536 g/mol. The molecular formula is C25H41N7O4S. The number of anilines is 1. The summed E-state index contributed by atoms with van der Waals surface area (Å²) in [5.41, 5.74) is 1.72. The lowest BCUT2D eigenvalue weighted by molar-refractivity contribution is -0.0000272. The third-order valence-electron chi connectivity index (χ3n) is 6.96. The number of ether oxygens (including phenoxy) is 1. The Morgan fingerprint density at radius 3 is 2.68 bits per heavy atom. The van der Waals surface area contributed by atoms with Gasteiger partial charge in [-0.25, -0.2) is 22.7 Å². The molecule has 2 N–H and O–H groups in total. The van der Waals surface area contributed by atoms with Crippen LogP contribution in [0.5, 0.6) is 0 Å². The quantitative estimate of drug-likeness (QED) is 0.468. The lowest BCUT2D eigenvalue weighted by atomic mass is 10.1. The van der Waals surface area contributed by atoms with E-state index < -0.39 is 15.6 Å². The van der Waals surface area contributed by atoms with Gasteiger partial charge in [-0.2, -0.15) is 5.10 Å². The summed E-state index contributed by atoms with van der Waals surface area (Å²) in [5.74, 6) is 0.706. The number of nitrogens with one attached hydrogen (secondary N) is 1. The minimum Gasteiger partial charge on any atom is -0.389 e. The zero-order chi connectivity index (χ0) is 26.6. The van der Waals surface area contributed by atoms with Crippen LogP contribution in [0, 0.1) is 6.92 Å². The maximum Gasteiger partial charge on any atom is 0.223 e. The van der Waals surface area contributed by atoms with Gasteiger partial charge in [0.1, 0.15) is 0 Å². The van der Waals surface area contributed by atoms with Gasteiger partial charge in [-0.15, -0.1) is 0 Å². The zero-order valence-corrected chi connectivity index (χ0v) is 23.2. The van der Waals surface area contributed by atoms with Crippen molar-refractivity contribution in [3.05, 3.63) is 24.2 Å². The fourth-order valence-electron chi connectivity index (χ4n) is 4.91. The van der Waals surface area contributed by atoms with Gasteiger partial charge in [0.25, 0.3) is 0 Å². The summed E-state index contributed by atoms with van der Waals surface area (Å²) in [4.78, 5) is 11.5. The van der Waals surface area contributed by atoms with Crippen molar-refractivity contribution in [3.63, 3.8) is 0 Å². The van der Waals surface area contributed by atoms with E-state index >= 15 is 0 Å². The standard InChI is InChI=1S/C25H41N7O4S/c1-19-14-26-24(29-23(19)21-15-27-31(16-21)18-25(3,4)33)28-22-6-9-32(10-7-22)37(34,35)13-5-8-30-11-12-36-17-20(30)2/h14-16,20,22,33H,5-13,17-18H2,1-4H3,(H,26,28,29)/t20-/m0/s1. The number of aliphatic hydroxyl groups is 1. The van der Waals surface area contributed by atoms with Crippen LogP contribution in [0.1, 0.15) is 45.6 Å². The topological polar surface area (TPSA) is 126 Å². The average Bonchev–Trinajstić information content (AvgIpc) is 3.28. The highest BCUT2D eigenvalue weighted by atomic mass is 32.2. The molecule has 2 fully saturated rings. The van der Waals surface area contributed by atoms with Gasteiger partial charge in [-0.3, -0.25) is 9.58 Å². The molecule has 4 rings (SSSR count). The predicted octanol–water partition coefficient (Wildman–Crippen LogP) is 1.74. The highest BCUT2D eigenvalue weighted by molar-refractivity contribution is 7.89. The molecule has 2 aromatic heterocycles. The molecule has 0 aromatic carbocycles. The van der Waals surface area contributed by atoms with E-state index in [0.717, 1.165) is 36.5 Å². The Kier molecular flexibility index (Phi) is 8.85. The van der Waals surface area contributed by atoms with Gasteiger partial charge in [0.15, 0.2) is 0 Å². The van der Waals surface area contributed by atoms with Crippen LogP contribution in [0.3, 0.4) is 0 Å². The largest absolute Gasteiger partial charge is 0.389 e. The second-order valence-corrected chi connectivity index (χ2v) is 13.0. The summed E-state index contributed by atoms with van der Waals surface area (Å²) in [6, 6.07) is 0.445. The number of nitrogens with zero attached hydrogens (tertiary/aromatic N) is 6. The fraction of sp³-hybridized carbons (Fsp3) is 0.720. The van der Waals surface area contributed by atoms with Crippen molar-refractivity contribution in [1.29, 1.82) is 0 Å². The molecule has 4 heterocycles. The predicted molar refractivity (Wildman–Crippen MR) is 143 cm³/mol. The molecule has 2 aliphatic rings. The number of hydrogen-bond acceptors (Lipinski definition) is 9. The second-order valence-electron chi connectivity index (χ2n) is 10.9. The summed E-state index contributed by atoms with van der Waals surface area (Å²) in [6.45, 7) is 12.0. The number of piperidine rings is 1. The molecule has 206 valence electrons. The van der Waals surface area contributed by atoms with Crippen LogP contribution >= 0.6 is 0 Å². The third kappa shape index (κ3) is 7.70. The van der Waals surface area contributed by atoms with Gasteiger partial charge in [-0.05, 0) is 59.1 Å². The molecule has 1 atom stereocenters. The molecule has 0 aliphatic carbocycles. The van der Waals surface area contributed by atoms with Crippen molar-refractivity contribution in [2.24, 2.45) is 0 Å². The van der Waals surface area contributed by atoms with Crippen LogP contribution in [0.2, 0.25) is 0 Å². The van der Waals surface area contributed by atoms with Crippen molar-refractivity contribution in [2.75, 3.05) is 50.5 Å². The van der Waals surface area contributed by atoms with Crippen molar-refractivity contribution in [2.45, 2.75) is 71.2 Å². The smallest absolute Gasteiger partial charge is 0.223 e. The number of morpholine rings is 1. The van der Waals surface area contributed by atoms with Gasteiger partial charge < -0.3 is 15.2 Å². The molecule has 0 bridgehead atoms. The monoisotopic (exact) mass is 535 g/mol. The first-order chi connectivity index (χ1) is 17.5. The van der Waals surface area contributed by atoms with Crippen molar-refractivity contribution >= 4 is 16.0 Å². The van der Waals surface area contributed by atoms with Crippen LogP contribution in [-0.4, -0.2) is 105 Å². The first kappa shape index (κ1) is 27.9. The van der Waals surface area contributed by atoms with Crippen LogP contribution in [0.25, 0.3) is 11.3 Å². The van der Waals surface area contributed by atoms with Crippen LogP contribution in [0.15, 0.2) is 18.6 Å². The van der Waals surface area contributed by atoms with Crippen LogP contribution < -0.4 is 5.32 Å². The minimum atomic E-state index is -3.27. The zero-order valence-electron chi connectivity index (χ0n) is 22.4. The Morgan fingerprint density at radius 1 is 1.22 bits per heavy atom. The normalized spacial score (nSPS) is 20.8. The highest BCUT2D eigenvalue weighted by Gasteiger charge is 2.29. The maximum absolute atomic E-state index is 12.9. The molecular weight excluding hydrogens is 494 g/mol. The number of aryl methyl sites for hydroxylation is 1. The van der Waals surface area contributed by atoms with Gasteiger partial charge in [0.05, 0.1) is 43.0 Å². The summed E-state index contributed by atoms with van der Waals surface area (Å²) >= 11 is 0. The van der Waals surface area contributed by atoms with E-state index in [1.165, 1.54) is 0 Å². The third-order valence-corrected chi connectivity index (χ3v) is 8.92. The lowest BCUT2D eigenvalue weighted by Gasteiger charge is -2.34. The molecule has 11 nitrogen and oxygen atoms in total. The van der Waals surface area contributed by atoms with E-state index in [1.807, 2.05) is 13.1 Å². The molecule has 0 unspecified atom stereocenters. The van der Waals surface area contributed by atoms with Crippen molar-refractivity contribution < 1.29 is 18.3 Å². The van der Waals surface area contributed by atoms with Crippen LogP contribution in [-0.2, 0) is 21.3 Å². The molecule has 0 spiro atoms. The Hall–Kier alpha value is -2.12. The molecule has 2 aromatic rings. The Balaban J connectivity index is 1.29. The maximum atomic E-state index is 12.9. The minimum absolute atomic E-state index is 0.106. The summed E-state index contributed by atoms with van der Waals surface area (Å²) < 4.78 is 34.6. The molecule has 12 heteroatoms. The Labute approximate surface area is 220 Å². The molecule has 0 saturated carbocycles. The Morgan fingerprint density at radius 2 is 1.97 bits per heavy atom. The highest BCUT2D eigenvalue weighted by Crippen LogP contribution is 2.24. The van der Waals surface area contributed by atoms with Gasteiger partial charge in [0.2, 0.25) is 16.0 Å². The van der Waals surface area contributed by atoms with E-state index in [4.69, 9.17) is 9.72 Å².